The van der Waals surface area contributed by atoms with Crippen LogP contribution in [0, 0.1) is 0 Å². The molecular formula is C16H18N2O4. The van der Waals surface area contributed by atoms with Crippen molar-refractivity contribution in [2.24, 2.45) is 7.05 Å². The molecule has 1 fully saturated rings. The third-order valence-corrected chi connectivity index (χ3v) is 4.02. The van der Waals surface area contributed by atoms with Crippen LogP contribution in [0.25, 0.3) is 10.9 Å². The number of para-hydroxylation sites is 1. The van der Waals surface area contributed by atoms with Crippen molar-refractivity contribution in [1.29, 1.82) is 0 Å². The molecule has 1 atom stereocenters. The first-order chi connectivity index (χ1) is 10.6. The molecule has 0 radical (unpaired) electrons. The summed E-state index contributed by atoms with van der Waals surface area (Å²) in [6, 6.07) is 7.93. The second-order valence-electron chi connectivity index (χ2n) is 5.50. The molecule has 0 unspecified atom stereocenters. The quantitative estimate of drug-likeness (QED) is 0.919. The number of benzene rings is 1. The molecule has 22 heavy (non-hydrogen) atoms. The highest BCUT2D eigenvalue weighted by molar-refractivity contribution is 5.89. The number of carbonyl (C=O) groups is 2. The lowest BCUT2D eigenvalue weighted by Gasteiger charge is -2.30. The summed E-state index contributed by atoms with van der Waals surface area (Å²) in [6.07, 6.45) is 1.30. The van der Waals surface area contributed by atoms with Gasteiger partial charge in [0.2, 0.25) is 5.91 Å². The van der Waals surface area contributed by atoms with Crippen molar-refractivity contribution in [3.8, 4) is 0 Å². The number of fused-ring (bicyclic) bond motifs is 1. The van der Waals surface area contributed by atoms with Crippen molar-refractivity contribution < 1.29 is 19.4 Å². The van der Waals surface area contributed by atoms with Gasteiger partial charge < -0.3 is 19.3 Å². The largest absolute Gasteiger partial charge is 0.479 e. The Kier molecular flexibility index (Phi) is 3.85. The van der Waals surface area contributed by atoms with Crippen LogP contribution in [0.3, 0.4) is 0 Å². The smallest absolute Gasteiger partial charge is 0.334 e. The molecule has 1 aromatic carbocycles. The molecule has 1 aromatic heterocycles. The zero-order chi connectivity index (χ0) is 15.7. The first kappa shape index (κ1) is 14.6. The number of rotatable bonds is 3. The van der Waals surface area contributed by atoms with Crippen molar-refractivity contribution >= 4 is 22.8 Å². The van der Waals surface area contributed by atoms with Crippen LogP contribution >= 0.6 is 0 Å². The van der Waals surface area contributed by atoms with E-state index in [2.05, 4.69) is 0 Å². The molecule has 0 aliphatic carbocycles. The first-order valence-electron chi connectivity index (χ1n) is 7.21. The Hall–Kier alpha value is -2.34. The van der Waals surface area contributed by atoms with Gasteiger partial charge in [-0.3, -0.25) is 4.79 Å². The zero-order valence-electron chi connectivity index (χ0n) is 12.4. The summed E-state index contributed by atoms with van der Waals surface area (Å²) in [5, 5.41) is 10.1. The predicted octanol–water partition coefficient (Wildman–Crippen LogP) is 1.03. The van der Waals surface area contributed by atoms with Crippen LogP contribution in [0.2, 0.25) is 0 Å². The molecule has 2 heterocycles. The van der Waals surface area contributed by atoms with Crippen LogP contribution in [-0.2, 0) is 27.8 Å². The number of aromatic nitrogens is 1. The van der Waals surface area contributed by atoms with E-state index in [1.54, 1.807) is 4.90 Å². The molecule has 1 aliphatic rings. The Bertz CT molecular complexity index is 722. The Morgan fingerprint density at radius 1 is 1.36 bits per heavy atom. The highest BCUT2D eigenvalue weighted by Gasteiger charge is 2.29. The highest BCUT2D eigenvalue weighted by Crippen LogP contribution is 2.21. The van der Waals surface area contributed by atoms with Gasteiger partial charge in [-0.2, -0.15) is 0 Å². The average molecular weight is 302 g/mol. The molecule has 2 aromatic rings. The van der Waals surface area contributed by atoms with Gasteiger partial charge in [0.05, 0.1) is 19.6 Å². The number of carboxylic acids is 1. The minimum absolute atomic E-state index is 0.0640. The van der Waals surface area contributed by atoms with E-state index < -0.39 is 12.1 Å². The predicted molar refractivity (Wildman–Crippen MR) is 80.6 cm³/mol. The summed E-state index contributed by atoms with van der Waals surface area (Å²) in [5.74, 6) is -1.09. The van der Waals surface area contributed by atoms with Gasteiger partial charge in [-0.15, -0.1) is 0 Å². The number of hydrogen-bond donors (Lipinski definition) is 1. The molecule has 6 nitrogen and oxygen atoms in total. The molecule has 1 amide bonds. The standard InChI is InChI=1S/C16H18N2O4/c1-17-9-11(12-4-2-3-5-13(12)17)8-15(19)18-6-7-22-14(10-18)16(20)21/h2-5,9,14H,6-8,10H2,1H3,(H,20,21)/t14-/m1/s1. The van der Waals surface area contributed by atoms with Crippen LogP contribution in [0.1, 0.15) is 5.56 Å². The Morgan fingerprint density at radius 3 is 2.91 bits per heavy atom. The fraction of sp³-hybridized carbons (Fsp3) is 0.375. The molecule has 116 valence electrons. The van der Waals surface area contributed by atoms with Gasteiger partial charge in [0.15, 0.2) is 6.10 Å². The van der Waals surface area contributed by atoms with Gasteiger partial charge in [-0.25, -0.2) is 4.79 Å². The van der Waals surface area contributed by atoms with E-state index >= 15 is 0 Å². The van der Waals surface area contributed by atoms with Crippen LogP contribution in [-0.4, -0.2) is 52.3 Å². The van der Waals surface area contributed by atoms with Crippen molar-refractivity contribution in [3.05, 3.63) is 36.0 Å². The molecule has 0 saturated carbocycles. The number of hydrogen-bond acceptors (Lipinski definition) is 3. The maximum Gasteiger partial charge on any atom is 0.334 e. The number of aliphatic carboxylic acids is 1. The van der Waals surface area contributed by atoms with Crippen molar-refractivity contribution in [1.82, 2.24) is 9.47 Å². The minimum atomic E-state index is -1.03. The first-order valence-corrected chi connectivity index (χ1v) is 7.21. The number of nitrogens with zero attached hydrogens (tertiary/aromatic N) is 2. The summed E-state index contributed by atoms with van der Waals surface area (Å²) in [5.41, 5.74) is 2.04. The molecule has 0 spiro atoms. The van der Waals surface area contributed by atoms with Gasteiger partial charge in [-0.05, 0) is 11.6 Å². The lowest BCUT2D eigenvalue weighted by Crippen LogP contribution is -2.49. The zero-order valence-corrected chi connectivity index (χ0v) is 12.4. The summed E-state index contributed by atoms with van der Waals surface area (Å²) in [6.45, 7) is 0.810. The molecule has 3 rings (SSSR count). The van der Waals surface area contributed by atoms with E-state index in [0.717, 1.165) is 16.5 Å². The number of aryl methyl sites for hydroxylation is 1. The lowest BCUT2D eigenvalue weighted by atomic mass is 10.1. The van der Waals surface area contributed by atoms with Gasteiger partial charge in [0.25, 0.3) is 0 Å². The topological polar surface area (TPSA) is 71.8 Å². The monoisotopic (exact) mass is 302 g/mol. The fourth-order valence-electron chi connectivity index (χ4n) is 2.87. The second-order valence-corrected chi connectivity index (χ2v) is 5.50. The molecule has 1 N–H and O–H groups in total. The molecule has 1 saturated heterocycles. The van der Waals surface area contributed by atoms with Crippen LogP contribution in [0.15, 0.2) is 30.5 Å². The lowest BCUT2D eigenvalue weighted by molar-refractivity contribution is -0.159. The van der Waals surface area contributed by atoms with Crippen molar-refractivity contribution in [2.75, 3.05) is 19.7 Å². The molecule has 6 heteroatoms. The van der Waals surface area contributed by atoms with Crippen LogP contribution in [0.5, 0.6) is 0 Å². The van der Waals surface area contributed by atoms with Crippen LogP contribution in [0.4, 0.5) is 0 Å². The highest BCUT2D eigenvalue weighted by atomic mass is 16.5. The van der Waals surface area contributed by atoms with E-state index in [1.807, 2.05) is 42.1 Å². The average Bonchev–Trinajstić information content (AvgIpc) is 2.84. The van der Waals surface area contributed by atoms with Crippen LogP contribution < -0.4 is 0 Å². The summed E-state index contributed by atoms with van der Waals surface area (Å²) < 4.78 is 7.14. The van der Waals surface area contributed by atoms with Gasteiger partial charge >= 0.3 is 5.97 Å². The third-order valence-electron chi connectivity index (χ3n) is 4.02. The van der Waals surface area contributed by atoms with Gasteiger partial charge in [-0.1, -0.05) is 18.2 Å². The summed E-state index contributed by atoms with van der Waals surface area (Å²) >= 11 is 0. The van der Waals surface area contributed by atoms with Gasteiger partial charge in [0, 0.05) is 30.7 Å². The number of ether oxygens (including phenoxy) is 1. The summed E-state index contributed by atoms with van der Waals surface area (Å²) in [7, 11) is 1.95. The molecule has 1 aliphatic heterocycles. The van der Waals surface area contributed by atoms with E-state index in [-0.39, 0.29) is 25.5 Å². The van der Waals surface area contributed by atoms with E-state index in [9.17, 15) is 9.59 Å². The van der Waals surface area contributed by atoms with Crippen molar-refractivity contribution in [3.63, 3.8) is 0 Å². The third kappa shape index (κ3) is 2.69. The minimum Gasteiger partial charge on any atom is -0.479 e. The number of carboxylic acid groups (broad SMARTS) is 1. The maximum atomic E-state index is 12.5. The van der Waals surface area contributed by atoms with E-state index in [1.165, 1.54) is 0 Å². The van der Waals surface area contributed by atoms with Crippen molar-refractivity contribution in [2.45, 2.75) is 12.5 Å². The number of carbonyl (C=O) groups excluding carboxylic acids is 1. The molecule has 0 bridgehead atoms. The normalized spacial score (nSPS) is 18.6. The van der Waals surface area contributed by atoms with E-state index in [0.29, 0.717) is 6.54 Å². The maximum absolute atomic E-state index is 12.5. The fourth-order valence-corrected chi connectivity index (χ4v) is 2.87. The summed E-state index contributed by atoms with van der Waals surface area (Å²) in [4.78, 5) is 25.0. The Labute approximate surface area is 127 Å². The van der Waals surface area contributed by atoms with Gasteiger partial charge in [0.1, 0.15) is 0 Å². The second kappa shape index (κ2) is 5.81. The Balaban J connectivity index is 1.77. The number of amides is 1. The SMILES string of the molecule is Cn1cc(CC(=O)N2CCO[C@@H](C(=O)O)C2)c2ccccc21. The number of morpholine rings is 1. The van der Waals surface area contributed by atoms with E-state index in [4.69, 9.17) is 9.84 Å². The Morgan fingerprint density at radius 2 is 2.14 bits per heavy atom. The molecular weight excluding hydrogens is 284 g/mol.